The summed E-state index contributed by atoms with van der Waals surface area (Å²) < 4.78 is 0. The molecule has 0 radical (unpaired) electrons. The number of carboxylic acids is 1. The van der Waals surface area contributed by atoms with Gasteiger partial charge in [-0.15, -0.1) is 0 Å². The summed E-state index contributed by atoms with van der Waals surface area (Å²) in [6.07, 6.45) is 2.52. The van der Waals surface area contributed by atoms with Gasteiger partial charge in [-0.3, -0.25) is 14.9 Å². The Labute approximate surface area is 124 Å². The maximum Gasteiger partial charge on any atom is 0.303 e. The van der Waals surface area contributed by atoms with E-state index in [1.54, 1.807) is 25.1 Å². The van der Waals surface area contributed by atoms with E-state index < -0.39 is 5.97 Å². The molecule has 0 aliphatic heterocycles. The zero-order valence-corrected chi connectivity index (χ0v) is 12.5. The monoisotopic (exact) mass is 294 g/mol. The molecule has 0 aromatic heterocycles. The van der Waals surface area contributed by atoms with Crippen molar-refractivity contribution in [3.05, 3.63) is 33.9 Å². The average molecular weight is 294 g/mol. The third kappa shape index (κ3) is 5.41. The van der Waals surface area contributed by atoms with Crippen molar-refractivity contribution >= 4 is 17.3 Å². The highest BCUT2D eigenvalue weighted by atomic mass is 16.6. The summed E-state index contributed by atoms with van der Waals surface area (Å²) >= 11 is 0. The van der Waals surface area contributed by atoms with Gasteiger partial charge in [0.2, 0.25) is 0 Å². The number of nitro groups is 1. The molecule has 1 aromatic carbocycles. The van der Waals surface area contributed by atoms with Gasteiger partial charge in [0.05, 0.1) is 4.92 Å². The number of anilines is 1. The van der Waals surface area contributed by atoms with Crippen LogP contribution in [0, 0.1) is 23.0 Å². The van der Waals surface area contributed by atoms with E-state index in [4.69, 9.17) is 5.11 Å². The van der Waals surface area contributed by atoms with Gasteiger partial charge in [-0.2, -0.15) is 0 Å². The Balaban J connectivity index is 2.57. The first-order valence-corrected chi connectivity index (χ1v) is 7.15. The second-order valence-corrected chi connectivity index (χ2v) is 5.15. The Bertz CT molecular complexity index is 502. The normalized spacial score (nSPS) is 11.9. The van der Waals surface area contributed by atoms with Crippen molar-refractivity contribution in [3.8, 4) is 0 Å². The Hall–Kier alpha value is -2.11. The topological polar surface area (TPSA) is 92.5 Å². The third-order valence-corrected chi connectivity index (χ3v) is 3.63. The van der Waals surface area contributed by atoms with Crippen LogP contribution in [0.3, 0.4) is 0 Å². The van der Waals surface area contributed by atoms with Crippen molar-refractivity contribution in [1.82, 2.24) is 0 Å². The van der Waals surface area contributed by atoms with E-state index in [0.29, 0.717) is 30.1 Å². The van der Waals surface area contributed by atoms with Gasteiger partial charge in [0.1, 0.15) is 5.69 Å². The molecule has 0 amide bonds. The van der Waals surface area contributed by atoms with Crippen LogP contribution in [0.15, 0.2) is 18.2 Å². The number of carbonyl (C=O) groups is 1. The second kappa shape index (κ2) is 8.24. The summed E-state index contributed by atoms with van der Waals surface area (Å²) in [5.74, 6) is -0.465. The average Bonchev–Trinajstić information content (AvgIpc) is 2.41. The molecule has 0 aliphatic rings. The zero-order valence-electron chi connectivity index (χ0n) is 12.5. The van der Waals surface area contributed by atoms with Gasteiger partial charge in [0.15, 0.2) is 0 Å². The molecule has 1 atom stereocenters. The van der Waals surface area contributed by atoms with E-state index in [0.717, 1.165) is 12.8 Å². The van der Waals surface area contributed by atoms with Crippen molar-refractivity contribution in [2.24, 2.45) is 5.92 Å². The summed E-state index contributed by atoms with van der Waals surface area (Å²) in [7, 11) is 0. The van der Waals surface area contributed by atoms with Crippen molar-refractivity contribution in [1.29, 1.82) is 0 Å². The number of carboxylic acid groups (broad SMARTS) is 1. The first-order chi connectivity index (χ1) is 9.95. The van der Waals surface area contributed by atoms with Crippen molar-refractivity contribution in [2.75, 3.05) is 11.9 Å². The lowest BCUT2D eigenvalue weighted by Gasteiger charge is -2.15. The zero-order chi connectivity index (χ0) is 15.8. The maximum atomic E-state index is 11.1. The maximum absolute atomic E-state index is 11.1. The van der Waals surface area contributed by atoms with Crippen LogP contribution in [-0.2, 0) is 4.79 Å². The minimum absolute atomic E-state index is 0.107. The van der Waals surface area contributed by atoms with Crippen LogP contribution in [0.5, 0.6) is 0 Å². The van der Waals surface area contributed by atoms with Gasteiger partial charge < -0.3 is 10.4 Å². The number of nitro benzene ring substituents is 1. The van der Waals surface area contributed by atoms with E-state index >= 15 is 0 Å². The Morgan fingerprint density at radius 2 is 2.14 bits per heavy atom. The third-order valence-electron chi connectivity index (χ3n) is 3.63. The van der Waals surface area contributed by atoms with E-state index in [9.17, 15) is 14.9 Å². The molecule has 6 heteroatoms. The fourth-order valence-electron chi connectivity index (χ4n) is 2.34. The quantitative estimate of drug-likeness (QED) is 0.536. The summed E-state index contributed by atoms with van der Waals surface area (Å²) in [6.45, 7) is 4.34. The highest BCUT2D eigenvalue weighted by Crippen LogP contribution is 2.28. The fourth-order valence-corrected chi connectivity index (χ4v) is 2.34. The van der Waals surface area contributed by atoms with Gasteiger partial charge in [-0.05, 0) is 31.7 Å². The predicted octanol–water partition coefficient (Wildman–Crippen LogP) is 3.60. The number of hydrogen-bond donors (Lipinski definition) is 2. The number of nitrogens with one attached hydrogen (secondary N) is 1. The summed E-state index contributed by atoms with van der Waals surface area (Å²) in [5.41, 5.74) is 1.26. The minimum atomic E-state index is -0.782. The van der Waals surface area contributed by atoms with Gasteiger partial charge in [-0.1, -0.05) is 25.5 Å². The van der Waals surface area contributed by atoms with Crippen LogP contribution in [0.2, 0.25) is 0 Å². The summed E-state index contributed by atoms with van der Waals surface area (Å²) in [6, 6.07) is 5.20. The first-order valence-electron chi connectivity index (χ1n) is 7.15. The fraction of sp³-hybridized carbons (Fsp3) is 0.533. The molecule has 1 aromatic rings. The van der Waals surface area contributed by atoms with Crippen LogP contribution in [-0.4, -0.2) is 22.5 Å². The molecule has 0 fully saturated rings. The molecule has 0 bridgehead atoms. The van der Waals surface area contributed by atoms with Crippen LogP contribution < -0.4 is 5.32 Å². The van der Waals surface area contributed by atoms with Gasteiger partial charge in [0, 0.05) is 18.5 Å². The molecule has 0 heterocycles. The summed E-state index contributed by atoms with van der Waals surface area (Å²) in [5, 5.41) is 22.9. The van der Waals surface area contributed by atoms with Crippen LogP contribution in [0.1, 0.15) is 38.2 Å². The van der Waals surface area contributed by atoms with E-state index in [1.807, 2.05) is 6.92 Å². The van der Waals surface area contributed by atoms with Crippen LogP contribution >= 0.6 is 0 Å². The molecule has 0 saturated carbocycles. The van der Waals surface area contributed by atoms with E-state index in [1.165, 1.54) is 0 Å². The molecule has 6 nitrogen and oxygen atoms in total. The SMILES string of the molecule is CCC(CCNc1cccc(C)c1[N+](=O)[O-])CCC(=O)O. The Kier molecular flexibility index (Phi) is 6.65. The lowest BCUT2D eigenvalue weighted by molar-refractivity contribution is -0.384. The number of aryl methyl sites for hydroxylation is 1. The molecule has 1 unspecified atom stereocenters. The Morgan fingerprint density at radius 1 is 1.43 bits per heavy atom. The molecule has 116 valence electrons. The van der Waals surface area contributed by atoms with Gasteiger partial charge >= 0.3 is 5.97 Å². The number of para-hydroxylation sites is 1. The molecule has 21 heavy (non-hydrogen) atoms. The number of benzene rings is 1. The summed E-state index contributed by atoms with van der Waals surface area (Å²) in [4.78, 5) is 21.3. The molecule has 1 rings (SSSR count). The lowest BCUT2D eigenvalue weighted by Crippen LogP contribution is -2.11. The minimum Gasteiger partial charge on any atom is -0.481 e. The molecular weight excluding hydrogens is 272 g/mol. The molecule has 0 saturated heterocycles. The number of hydrogen-bond acceptors (Lipinski definition) is 4. The number of aliphatic carboxylic acids is 1. The number of nitrogens with zero attached hydrogens (tertiary/aromatic N) is 1. The molecule has 0 aliphatic carbocycles. The van der Waals surface area contributed by atoms with Crippen LogP contribution in [0.4, 0.5) is 11.4 Å². The predicted molar refractivity (Wildman–Crippen MR) is 81.6 cm³/mol. The van der Waals surface area contributed by atoms with Gasteiger partial charge in [-0.25, -0.2) is 0 Å². The van der Waals surface area contributed by atoms with Crippen molar-refractivity contribution in [3.63, 3.8) is 0 Å². The molecule has 0 spiro atoms. The van der Waals surface area contributed by atoms with Gasteiger partial charge in [0.25, 0.3) is 5.69 Å². The second-order valence-electron chi connectivity index (χ2n) is 5.15. The number of rotatable bonds is 9. The highest BCUT2D eigenvalue weighted by Gasteiger charge is 2.16. The van der Waals surface area contributed by atoms with Crippen LogP contribution in [0.25, 0.3) is 0 Å². The molecule has 2 N–H and O–H groups in total. The van der Waals surface area contributed by atoms with Crippen molar-refractivity contribution < 1.29 is 14.8 Å². The lowest BCUT2D eigenvalue weighted by atomic mass is 9.96. The van der Waals surface area contributed by atoms with Crippen molar-refractivity contribution in [2.45, 2.75) is 39.5 Å². The standard InChI is InChI=1S/C15H22N2O4/c1-3-12(7-8-14(18)19)9-10-16-13-6-4-5-11(2)15(13)17(20)21/h4-6,12,16H,3,7-10H2,1-2H3,(H,18,19). The smallest absolute Gasteiger partial charge is 0.303 e. The first kappa shape index (κ1) is 16.9. The highest BCUT2D eigenvalue weighted by molar-refractivity contribution is 5.66. The van der Waals surface area contributed by atoms with E-state index in [-0.39, 0.29) is 17.0 Å². The Morgan fingerprint density at radius 3 is 2.71 bits per heavy atom. The largest absolute Gasteiger partial charge is 0.481 e. The molecular formula is C15H22N2O4. The van der Waals surface area contributed by atoms with E-state index in [2.05, 4.69) is 5.32 Å².